The molecular formula is C25H24F2N8O. The Balaban J connectivity index is 1.59. The van der Waals surface area contributed by atoms with Gasteiger partial charge >= 0.3 is 0 Å². The summed E-state index contributed by atoms with van der Waals surface area (Å²) in [6, 6.07) is 12.9. The number of fused-ring (bicyclic) bond motifs is 1. The van der Waals surface area contributed by atoms with Gasteiger partial charge in [-0.1, -0.05) is 12.1 Å². The first kappa shape index (κ1) is 23.2. The van der Waals surface area contributed by atoms with Crippen LogP contribution in [-0.4, -0.2) is 36.8 Å². The molecular weight excluding hydrogens is 466 g/mol. The fourth-order valence-electron chi connectivity index (χ4n) is 3.86. The molecule has 4 heterocycles. The van der Waals surface area contributed by atoms with Crippen molar-refractivity contribution in [1.82, 2.24) is 29.7 Å². The first-order valence-electron chi connectivity index (χ1n) is 11.2. The average Bonchev–Trinajstić information content (AvgIpc) is 3.48. The van der Waals surface area contributed by atoms with Crippen molar-refractivity contribution in [3.8, 4) is 17.0 Å². The SMILES string of the molecule is COc1c(Nc2cc(Nc3ccc(C)c(C)n3)nc3[nH]c(C(F)F)nc23)cccc1-c1ccn(C)n1. The Bertz CT molecular complexity index is 1560. The summed E-state index contributed by atoms with van der Waals surface area (Å²) in [6.07, 6.45) is -0.928. The number of aryl methyl sites for hydroxylation is 3. The number of imidazole rings is 1. The minimum absolute atomic E-state index is 0.210. The minimum Gasteiger partial charge on any atom is -0.494 e. The highest BCUT2D eigenvalue weighted by atomic mass is 19.3. The van der Waals surface area contributed by atoms with Gasteiger partial charge in [-0.25, -0.2) is 23.7 Å². The van der Waals surface area contributed by atoms with Gasteiger partial charge < -0.3 is 20.4 Å². The Morgan fingerprint density at radius 1 is 0.972 bits per heavy atom. The maximum atomic E-state index is 13.5. The van der Waals surface area contributed by atoms with Gasteiger partial charge in [-0.05, 0) is 43.7 Å². The van der Waals surface area contributed by atoms with E-state index in [2.05, 4.69) is 35.7 Å². The van der Waals surface area contributed by atoms with Gasteiger partial charge in [0.1, 0.15) is 17.2 Å². The van der Waals surface area contributed by atoms with Crippen LogP contribution in [0.25, 0.3) is 22.4 Å². The number of benzene rings is 1. The molecule has 0 bridgehead atoms. The highest BCUT2D eigenvalue weighted by molar-refractivity contribution is 5.92. The molecule has 0 amide bonds. The van der Waals surface area contributed by atoms with Gasteiger partial charge in [0.2, 0.25) is 0 Å². The van der Waals surface area contributed by atoms with E-state index in [4.69, 9.17) is 4.74 Å². The maximum Gasteiger partial charge on any atom is 0.295 e. The van der Waals surface area contributed by atoms with Gasteiger partial charge in [0.15, 0.2) is 17.2 Å². The van der Waals surface area contributed by atoms with E-state index in [-0.39, 0.29) is 11.2 Å². The van der Waals surface area contributed by atoms with Crippen LogP contribution in [0.2, 0.25) is 0 Å². The fourth-order valence-corrected chi connectivity index (χ4v) is 3.86. The number of nitrogens with zero attached hydrogens (tertiary/aromatic N) is 5. The van der Waals surface area contributed by atoms with Crippen LogP contribution >= 0.6 is 0 Å². The summed E-state index contributed by atoms with van der Waals surface area (Å²) in [4.78, 5) is 15.7. The lowest BCUT2D eigenvalue weighted by atomic mass is 10.1. The largest absolute Gasteiger partial charge is 0.494 e. The molecule has 5 rings (SSSR count). The predicted molar refractivity (Wildman–Crippen MR) is 134 cm³/mol. The molecule has 9 nitrogen and oxygen atoms in total. The second-order valence-corrected chi connectivity index (χ2v) is 8.28. The van der Waals surface area contributed by atoms with Crippen molar-refractivity contribution in [1.29, 1.82) is 0 Å². The number of rotatable bonds is 7. The zero-order valence-corrected chi connectivity index (χ0v) is 20.1. The Morgan fingerprint density at radius 2 is 1.81 bits per heavy atom. The highest BCUT2D eigenvalue weighted by Gasteiger charge is 2.19. The van der Waals surface area contributed by atoms with E-state index in [0.29, 0.717) is 28.8 Å². The van der Waals surface area contributed by atoms with Crippen LogP contribution in [-0.2, 0) is 7.05 Å². The van der Waals surface area contributed by atoms with E-state index in [0.717, 1.165) is 22.5 Å². The van der Waals surface area contributed by atoms with Crippen molar-refractivity contribution >= 4 is 34.2 Å². The molecule has 0 fully saturated rings. The molecule has 0 aliphatic carbocycles. The minimum atomic E-state index is -2.77. The third-order valence-corrected chi connectivity index (χ3v) is 5.76. The third kappa shape index (κ3) is 4.42. The summed E-state index contributed by atoms with van der Waals surface area (Å²) in [5.74, 6) is 1.08. The number of ether oxygens (including phenoxy) is 1. The molecule has 3 N–H and O–H groups in total. The molecule has 4 aromatic heterocycles. The fraction of sp³-hybridized carbons (Fsp3) is 0.200. The van der Waals surface area contributed by atoms with Crippen molar-refractivity contribution in [3.05, 3.63) is 65.7 Å². The lowest BCUT2D eigenvalue weighted by Gasteiger charge is -2.15. The van der Waals surface area contributed by atoms with Gasteiger partial charge in [0.05, 0.1) is 24.2 Å². The van der Waals surface area contributed by atoms with Crippen LogP contribution in [0.1, 0.15) is 23.5 Å². The molecule has 0 spiro atoms. The normalized spacial score (nSPS) is 11.3. The zero-order valence-electron chi connectivity index (χ0n) is 20.1. The Hall–Kier alpha value is -4.54. The quantitative estimate of drug-likeness (QED) is 0.265. The maximum absolute atomic E-state index is 13.5. The molecule has 36 heavy (non-hydrogen) atoms. The lowest BCUT2D eigenvalue weighted by Crippen LogP contribution is -2.02. The molecule has 0 saturated carbocycles. The lowest BCUT2D eigenvalue weighted by molar-refractivity contribution is 0.142. The second-order valence-electron chi connectivity index (χ2n) is 8.28. The van der Waals surface area contributed by atoms with Crippen LogP contribution in [0.3, 0.4) is 0 Å². The summed E-state index contributed by atoms with van der Waals surface area (Å²) in [5.41, 5.74) is 5.01. The first-order valence-corrected chi connectivity index (χ1v) is 11.2. The summed E-state index contributed by atoms with van der Waals surface area (Å²) in [7, 11) is 3.40. The number of para-hydroxylation sites is 1. The van der Waals surface area contributed by atoms with E-state index in [1.807, 2.05) is 63.5 Å². The van der Waals surface area contributed by atoms with Crippen molar-refractivity contribution in [2.45, 2.75) is 20.3 Å². The monoisotopic (exact) mass is 490 g/mol. The van der Waals surface area contributed by atoms with Crippen molar-refractivity contribution < 1.29 is 13.5 Å². The van der Waals surface area contributed by atoms with Crippen molar-refractivity contribution in [2.75, 3.05) is 17.7 Å². The summed E-state index contributed by atoms with van der Waals surface area (Å²) in [6.45, 7) is 3.89. The molecule has 0 radical (unpaired) electrons. The number of H-pyrrole nitrogens is 1. The van der Waals surface area contributed by atoms with Crippen molar-refractivity contribution in [2.24, 2.45) is 7.05 Å². The smallest absolute Gasteiger partial charge is 0.295 e. The summed E-state index contributed by atoms with van der Waals surface area (Å²) >= 11 is 0. The summed E-state index contributed by atoms with van der Waals surface area (Å²) < 4.78 is 34.3. The van der Waals surface area contributed by atoms with Crippen LogP contribution in [0.4, 0.5) is 31.8 Å². The van der Waals surface area contributed by atoms with E-state index >= 15 is 0 Å². The molecule has 0 aliphatic heterocycles. The van der Waals surface area contributed by atoms with Crippen LogP contribution in [0.5, 0.6) is 5.75 Å². The first-order chi connectivity index (χ1) is 17.3. The predicted octanol–water partition coefficient (Wildman–Crippen LogP) is 5.80. The van der Waals surface area contributed by atoms with Crippen LogP contribution < -0.4 is 15.4 Å². The number of aromatic nitrogens is 6. The van der Waals surface area contributed by atoms with Crippen LogP contribution in [0.15, 0.2) is 48.7 Å². The van der Waals surface area contributed by atoms with Gasteiger partial charge in [-0.2, -0.15) is 5.10 Å². The standard InChI is InChI=1S/C25H24F2N8O/c1-13-8-9-19(28-14(13)2)30-20-12-18(21-24(31-20)33-25(32-21)23(26)27)29-17-7-5-6-15(22(17)36-4)16-10-11-35(3)34-16/h5-12,23H,1-4H3,(H3,28,29,30,31,32,33). The number of hydrogen-bond donors (Lipinski definition) is 3. The Labute approximate surface area is 205 Å². The molecule has 184 valence electrons. The number of aromatic amines is 1. The molecule has 0 aliphatic rings. The molecule has 5 aromatic rings. The number of pyridine rings is 2. The number of nitrogens with one attached hydrogen (secondary N) is 3. The molecule has 11 heteroatoms. The number of hydrogen-bond acceptors (Lipinski definition) is 7. The molecule has 0 atom stereocenters. The van der Waals surface area contributed by atoms with E-state index in [1.165, 1.54) is 0 Å². The van der Waals surface area contributed by atoms with E-state index in [9.17, 15) is 8.78 Å². The van der Waals surface area contributed by atoms with Crippen LogP contribution in [0, 0.1) is 13.8 Å². The third-order valence-electron chi connectivity index (χ3n) is 5.76. The number of halogens is 2. The van der Waals surface area contributed by atoms with E-state index < -0.39 is 12.2 Å². The van der Waals surface area contributed by atoms with E-state index in [1.54, 1.807) is 17.9 Å². The second kappa shape index (κ2) is 9.25. The topological polar surface area (TPSA) is 106 Å². The van der Waals surface area contributed by atoms with Gasteiger partial charge in [-0.3, -0.25) is 4.68 Å². The number of alkyl halides is 2. The van der Waals surface area contributed by atoms with Gasteiger partial charge in [0.25, 0.3) is 6.43 Å². The Morgan fingerprint density at radius 3 is 2.50 bits per heavy atom. The zero-order chi connectivity index (χ0) is 25.4. The van der Waals surface area contributed by atoms with Crippen molar-refractivity contribution in [3.63, 3.8) is 0 Å². The highest BCUT2D eigenvalue weighted by Crippen LogP contribution is 2.39. The Kier molecular flexibility index (Phi) is 5.96. The average molecular weight is 491 g/mol. The molecule has 0 saturated heterocycles. The number of methoxy groups -OCH3 is 1. The van der Waals surface area contributed by atoms with Gasteiger partial charge in [0, 0.05) is 30.6 Å². The molecule has 1 aromatic carbocycles. The number of anilines is 4. The summed E-state index contributed by atoms with van der Waals surface area (Å²) in [5, 5.41) is 10.9. The molecule has 0 unspecified atom stereocenters. The van der Waals surface area contributed by atoms with Gasteiger partial charge in [-0.15, -0.1) is 0 Å².